The van der Waals surface area contributed by atoms with E-state index in [0.717, 1.165) is 5.56 Å². The summed E-state index contributed by atoms with van der Waals surface area (Å²) >= 11 is 0. The Labute approximate surface area is 174 Å². The lowest BCUT2D eigenvalue weighted by Crippen LogP contribution is -2.43. The Morgan fingerprint density at radius 3 is 2.00 bits per heavy atom. The molecule has 1 atom stereocenters. The first kappa shape index (κ1) is 20.8. The molecule has 3 rings (SSSR count). The van der Waals surface area contributed by atoms with E-state index in [2.05, 4.69) is 5.32 Å². The molecule has 6 nitrogen and oxygen atoms in total. The maximum Gasteiger partial charge on any atom is 0.328 e. The fourth-order valence-corrected chi connectivity index (χ4v) is 2.97. The van der Waals surface area contributed by atoms with Crippen molar-refractivity contribution in [3.05, 3.63) is 101 Å². The van der Waals surface area contributed by atoms with E-state index in [0.29, 0.717) is 16.7 Å². The smallest absolute Gasteiger partial charge is 0.328 e. The van der Waals surface area contributed by atoms with Crippen LogP contribution in [0.15, 0.2) is 78.9 Å². The molecule has 0 aromatic heterocycles. The molecule has 30 heavy (non-hydrogen) atoms. The van der Waals surface area contributed by atoms with Crippen molar-refractivity contribution in [3.8, 4) is 5.75 Å². The fourth-order valence-electron chi connectivity index (χ4n) is 2.97. The Balaban J connectivity index is 1.71. The van der Waals surface area contributed by atoms with Crippen molar-refractivity contribution in [1.82, 2.24) is 5.32 Å². The molecule has 3 aromatic carbocycles. The van der Waals surface area contributed by atoms with Gasteiger partial charge >= 0.3 is 5.97 Å². The van der Waals surface area contributed by atoms with Crippen LogP contribution in [0.3, 0.4) is 0 Å². The van der Waals surface area contributed by atoms with Gasteiger partial charge in [-0.25, -0.2) is 4.79 Å². The van der Waals surface area contributed by atoms with E-state index < -0.39 is 17.9 Å². The normalized spacial score (nSPS) is 11.4. The number of amides is 1. The number of benzene rings is 3. The number of phenols is 1. The summed E-state index contributed by atoms with van der Waals surface area (Å²) in [4.78, 5) is 37.2. The van der Waals surface area contributed by atoms with Crippen molar-refractivity contribution in [1.29, 1.82) is 0 Å². The molecule has 2 N–H and O–H groups in total. The van der Waals surface area contributed by atoms with Gasteiger partial charge in [0.15, 0.2) is 5.78 Å². The van der Waals surface area contributed by atoms with E-state index in [1.165, 1.54) is 19.2 Å². The Kier molecular flexibility index (Phi) is 6.60. The summed E-state index contributed by atoms with van der Waals surface area (Å²) in [6, 6.07) is 20.6. The highest BCUT2D eigenvalue weighted by Crippen LogP contribution is 2.14. The van der Waals surface area contributed by atoms with Crippen molar-refractivity contribution in [3.63, 3.8) is 0 Å². The molecule has 0 saturated heterocycles. The maximum absolute atomic E-state index is 12.6. The second-order valence-corrected chi connectivity index (χ2v) is 6.69. The zero-order chi connectivity index (χ0) is 21.5. The topological polar surface area (TPSA) is 92.7 Å². The molecule has 0 fully saturated rings. The Morgan fingerprint density at radius 1 is 0.833 bits per heavy atom. The number of methoxy groups -OCH3 is 1. The Morgan fingerprint density at radius 2 is 1.40 bits per heavy atom. The number of ether oxygens (including phenoxy) is 1. The Hall–Kier alpha value is -3.93. The molecule has 0 spiro atoms. The van der Waals surface area contributed by atoms with Gasteiger partial charge in [0.05, 0.1) is 7.11 Å². The predicted molar refractivity (Wildman–Crippen MR) is 111 cm³/mol. The second-order valence-electron chi connectivity index (χ2n) is 6.69. The third-order valence-corrected chi connectivity index (χ3v) is 4.61. The monoisotopic (exact) mass is 403 g/mol. The second kappa shape index (κ2) is 9.52. The fraction of sp³-hybridized carbons (Fsp3) is 0.125. The minimum atomic E-state index is -0.891. The molecule has 0 bridgehead atoms. The molecular weight excluding hydrogens is 382 g/mol. The van der Waals surface area contributed by atoms with Crippen LogP contribution in [-0.2, 0) is 16.0 Å². The number of phenolic OH excluding ortho intramolecular Hbond substituents is 1. The van der Waals surface area contributed by atoms with Crippen LogP contribution in [0.2, 0.25) is 0 Å². The SMILES string of the molecule is COC(=O)[C@H](Cc1ccc(O)cc1)NC(=O)c1ccc(C(=O)c2ccccc2)cc1. The first-order valence-corrected chi connectivity index (χ1v) is 9.34. The molecule has 0 unspecified atom stereocenters. The summed E-state index contributed by atoms with van der Waals surface area (Å²) in [5.41, 5.74) is 2.10. The number of hydrogen-bond donors (Lipinski definition) is 2. The quantitative estimate of drug-likeness (QED) is 0.467. The van der Waals surface area contributed by atoms with Gasteiger partial charge in [-0.2, -0.15) is 0 Å². The molecule has 152 valence electrons. The molecular formula is C24H21NO5. The predicted octanol–water partition coefficient (Wildman–Crippen LogP) is 3.14. The zero-order valence-corrected chi connectivity index (χ0v) is 16.4. The molecule has 0 saturated carbocycles. The van der Waals surface area contributed by atoms with Crippen LogP contribution in [-0.4, -0.2) is 35.9 Å². The number of aromatic hydroxyl groups is 1. The lowest BCUT2D eigenvalue weighted by Gasteiger charge is -2.17. The van der Waals surface area contributed by atoms with Gasteiger partial charge in [-0.3, -0.25) is 9.59 Å². The number of ketones is 1. The average Bonchev–Trinajstić information content (AvgIpc) is 2.79. The van der Waals surface area contributed by atoms with Crippen LogP contribution in [0, 0.1) is 0 Å². The highest BCUT2D eigenvalue weighted by atomic mass is 16.5. The van der Waals surface area contributed by atoms with Crippen LogP contribution in [0.5, 0.6) is 5.75 Å². The molecule has 3 aromatic rings. The average molecular weight is 403 g/mol. The third-order valence-electron chi connectivity index (χ3n) is 4.61. The highest BCUT2D eigenvalue weighted by Gasteiger charge is 2.23. The van der Waals surface area contributed by atoms with Crippen LogP contribution < -0.4 is 5.32 Å². The van der Waals surface area contributed by atoms with Gasteiger partial charge in [0.25, 0.3) is 5.91 Å². The van der Waals surface area contributed by atoms with Gasteiger partial charge in [-0.1, -0.05) is 54.6 Å². The van der Waals surface area contributed by atoms with E-state index in [1.54, 1.807) is 60.7 Å². The molecule has 0 aliphatic heterocycles. The Bertz CT molecular complexity index is 1030. The molecule has 0 aliphatic rings. The highest BCUT2D eigenvalue weighted by molar-refractivity contribution is 6.09. The summed E-state index contributed by atoms with van der Waals surface area (Å²) in [6.07, 6.45) is 0.212. The van der Waals surface area contributed by atoms with Crippen molar-refractivity contribution in [2.45, 2.75) is 12.5 Å². The molecule has 0 radical (unpaired) electrons. The minimum absolute atomic E-state index is 0.113. The van der Waals surface area contributed by atoms with Crippen LogP contribution >= 0.6 is 0 Å². The zero-order valence-electron chi connectivity index (χ0n) is 16.4. The number of nitrogens with one attached hydrogen (secondary N) is 1. The summed E-state index contributed by atoms with van der Waals surface area (Å²) in [5.74, 6) is -1.06. The molecule has 0 heterocycles. The van der Waals surface area contributed by atoms with Crippen molar-refractivity contribution >= 4 is 17.7 Å². The van der Waals surface area contributed by atoms with Gasteiger partial charge in [-0.05, 0) is 29.8 Å². The lowest BCUT2D eigenvalue weighted by atomic mass is 10.0. The van der Waals surface area contributed by atoms with E-state index in [4.69, 9.17) is 4.74 Å². The molecule has 0 aliphatic carbocycles. The van der Waals surface area contributed by atoms with Crippen molar-refractivity contribution in [2.24, 2.45) is 0 Å². The number of rotatable bonds is 7. The number of hydrogen-bond acceptors (Lipinski definition) is 5. The summed E-state index contributed by atoms with van der Waals surface area (Å²) in [7, 11) is 1.25. The van der Waals surface area contributed by atoms with E-state index in [-0.39, 0.29) is 18.0 Å². The van der Waals surface area contributed by atoms with Crippen LogP contribution in [0.25, 0.3) is 0 Å². The minimum Gasteiger partial charge on any atom is -0.508 e. The molecule has 6 heteroatoms. The largest absolute Gasteiger partial charge is 0.508 e. The summed E-state index contributed by atoms with van der Waals surface area (Å²) in [6.45, 7) is 0. The van der Waals surface area contributed by atoms with Gasteiger partial charge in [0.2, 0.25) is 0 Å². The summed E-state index contributed by atoms with van der Waals surface area (Å²) in [5, 5.41) is 12.1. The van der Waals surface area contributed by atoms with E-state index in [9.17, 15) is 19.5 Å². The number of esters is 1. The van der Waals surface area contributed by atoms with E-state index >= 15 is 0 Å². The standard InChI is InChI=1S/C24H21NO5/c1-30-24(29)21(15-16-7-13-20(26)14-8-16)25-23(28)19-11-9-18(10-12-19)22(27)17-5-3-2-4-6-17/h2-14,21,26H,15H2,1H3,(H,25,28)/t21-/m0/s1. The third kappa shape index (κ3) is 5.11. The van der Waals surface area contributed by atoms with Crippen molar-refractivity contribution < 1.29 is 24.2 Å². The first-order valence-electron chi connectivity index (χ1n) is 9.34. The van der Waals surface area contributed by atoms with Gasteiger partial charge in [-0.15, -0.1) is 0 Å². The van der Waals surface area contributed by atoms with Crippen molar-refractivity contribution in [2.75, 3.05) is 7.11 Å². The van der Waals surface area contributed by atoms with Crippen LogP contribution in [0.4, 0.5) is 0 Å². The van der Waals surface area contributed by atoms with Gasteiger partial charge in [0.1, 0.15) is 11.8 Å². The maximum atomic E-state index is 12.6. The van der Waals surface area contributed by atoms with E-state index in [1.807, 2.05) is 6.07 Å². The van der Waals surface area contributed by atoms with Gasteiger partial charge < -0.3 is 15.2 Å². The number of carbonyl (C=O) groups excluding carboxylic acids is 3. The van der Waals surface area contributed by atoms with Gasteiger partial charge in [0, 0.05) is 23.1 Å². The number of carbonyl (C=O) groups is 3. The summed E-state index contributed by atoms with van der Waals surface area (Å²) < 4.78 is 4.80. The first-order chi connectivity index (χ1) is 14.5. The molecule has 1 amide bonds. The lowest BCUT2D eigenvalue weighted by molar-refractivity contribution is -0.142. The van der Waals surface area contributed by atoms with Crippen LogP contribution in [0.1, 0.15) is 31.8 Å².